The second kappa shape index (κ2) is 9.60. The Bertz CT molecular complexity index is 810. The number of hydrogen-bond acceptors (Lipinski definition) is 2. The van der Waals surface area contributed by atoms with Gasteiger partial charge in [0.15, 0.2) is 16.6 Å². The highest BCUT2D eigenvalue weighted by Crippen LogP contribution is 2.28. The van der Waals surface area contributed by atoms with Crippen LogP contribution in [0.3, 0.4) is 0 Å². The van der Waals surface area contributed by atoms with E-state index in [1.54, 1.807) is 16.2 Å². The van der Waals surface area contributed by atoms with Crippen LogP contribution in [-0.2, 0) is 11.0 Å². The lowest BCUT2D eigenvalue weighted by Gasteiger charge is -2.05. The van der Waals surface area contributed by atoms with Gasteiger partial charge in [0.05, 0.1) is 9.92 Å². The highest BCUT2D eigenvalue weighted by atomic mass is 35.5. The van der Waals surface area contributed by atoms with Crippen LogP contribution >= 0.6 is 11.6 Å². The first-order valence-electron chi connectivity index (χ1n) is 8.19. The summed E-state index contributed by atoms with van der Waals surface area (Å²) in [6, 6.07) is 9.39. The van der Waals surface area contributed by atoms with Crippen LogP contribution in [0.2, 0.25) is 5.02 Å². The van der Waals surface area contributed by atoms with Crippen LogP contribution < -0.4 is 0 Å². The molecule has 2 heterocycles. The van der Waals surface area contributed by atoms with Crippen molar-refractivity contribution in [3.63, 3.8) is 0 Å². The van der Waals surface area contributed by atoms with E-state index < -0.39 is 11.0 Å². The van der Waals surface area contributed by atoms with Crippen molar-refractivity contribution in [1.82, 2.24) is 8.96 Å². The van der Waals surface area contributed by atoms with Gasteiger partial charge in [0.2, 0.25) is 0 Å². The van der Waals surface area contributed by atoms with E-state index in [9.17, 15) is 4.21 Å². The third-order valence-corrected chi connectivity index (χ3v) is 4.82. The molecule has 24 heavy (non-hydrogen) atoms. The van der Waals surface area contributed by atoms with Crippen molar-refractivity contribution < 1.29 is 4.21 Å². The van der Waals surface area contributed by atoms with Gasteiger partial charge in [0.25, 0.3) is 0 Å². The molecule has 2 aromatic heterocycles. The summed E-state index contributed by atoms with van der Waals surface area (Å²) in [5.41, 5.74) is 2.76. The minimum atomic E-state index is -1.32. The summed E-state index contributed by atoms with van der Waals surface area (Å²) in [5, 5.41) is 1.49. The van der Waals surface area contributed by atoms with Crippen LogP contribution in [0, 0.1) is 13.8 Å². The number of pyridine rings is 1. The summed E-state index contributed by atoms with van der Waals surface area (Å²) < 4.78 is 14.4. The summed E-state index contributed by atoms with van der Waals surface area (Å²) in [4.78, 5) is 5.06. The van der Waals surface area contributed by atoms with Crippen molar-refractivity contribution in [2.24, 2.45) is 0 Å². The van der Waals surface area contributed by atoms with E-state index in [0.29, 0.717) is 10.7 Å². The molecule has 0 spiro atoms. The van der Waals surface area contributed by atoms with Crippen molar-refractivity contribution in [3.05, 3.63) is 58.9 Å². The van der Waals surface area contributed by atoms with Crippen molar-refractivity contribution in [1.29, 1.82) is 0 Å². The van der Waals surface area contributed by atoms with Gasteiger partial charge in [-0.15, -0.1) is 0 Å². The molecule has 0 aliphatic carbocycles. The van der Waals surface area contributed by atoms with Gasteiger partial charge in [-0.2, -0.15) is 0 Å². The van der Waals surface area contributed by atoms with E-state index in [-0.39, 0.29) is 0 Å². The molecule has 0 radical (unpaired) electrons. The Labute approximate surface area is 152 Å². The predicted octanol–water partition coefficient (Wildman–Crippen LogP) is 5.93. The van der Waals surface area contributed by atoms with E-state index in [0.717, 1.165) is 21.4 Å². The molecule has 3 nitrogen and oxygen atoms in total. The molecular formula is C19H25ClN2OS. The van der Waals surface area contributed by atoms with Gasteiger partial charge in [-0.05, 0) is 37.6 Å². The standard InChI is InChI=1S/C15H13ClN2OS.2C2H6/c1-10-3-5-12(6-4-10)20(19)18-9-11(2)14-13(16)7-8-17-15(14)18;2*1-2/h3-9H,1-2H3;2*1-2H3. The Morgan fingerprint density at radius 3 is 2.17 bits per heavy atom. The maximum atomic E-state index is 12.7. The van der Waals surface area contributed by atoms with Crippen LogP contribution in [0.25, 0.3) is 11.0 Å². The molecule has 1 unspecified atom stereocenters. The van der Waals surface area contributed by atoms with Crippen LogP contribution in [0.4, 0.5) is 0 Å². The molecule has 0 aliphatic heterocycles. The van der Waals surface area contributed by atoms with Gasteiger partial charge in [0.1, 0.15) is 0 Å². The monoisotopic (exact) mass is 364 g/mol. The molecule has 0 saturated heterocycles. The molecule has 5 heteroatoms. The van der Waals surface area contributed by atoms with Gasteiger partial charge in [-0.1, -0.05) is 57.0 Å². The lowest BCUT2D eigenvalue weighted by molar-refractivity contribution is 0.678. The van der Waals surface area contributed by atoms with Gasteiger partial charge in [-0.3, -0.25) is 0 Å². The zero-order chi connectivity index (χ0) is 18.3. The summed E-state index contributed by atoms with van der Waals surface area (Å²) in [6.07, 6.45) is 3.46. The second-order valence-corrected chi connectivity index (χ2v) is 6.46. The van der Waals surface area contributed by atoms with Crippen LogP contribution in [0.15, 0.2) is 47.6 Å². The van der Waals surface area contributed by atoms with E-state index in [4.69, 9.17) is 11.6 Å². The summed E-state index contributed by atoms with van der Waals surface area (Å²) in [6.45, 7) is 11.9. The zero-order valence-corrected chi connectivity index (χ0v) is 16.7. The quantitative estimate of drug-likeness (QED) is 0.564. The molecule has 3 aromatic rings. The van der Waals surface area contributed by atoms with Crippen molar-refractivity contribution >= 4 is 33.6 Å². The first kappa shape index (κ1) is 20.4. The van der Waals surface area contributed by atoms with Crippen LogP contribution in [-0.4, -0.2) is 13.2 Å². The molecule has 0 saturated carbocycles. The van der Waals surface area contributed by atoms with E-state index in [1.807, 2.05) is 72.0 Å². The minimum Gasteiger partial charge on any atom is -0.246 e. The second-order valence-electron chi connectivity index (χ2n) is 4.69. The minimum absolute atomic E-state index is 0.632. The zero-order valence-electron chi connectivity index (χ0n) is 15.1. The number of hydrogen-bond donors (Lipinski definition) is 0. The van der Waals surface area contributed by atoms with Gasteiger partial charge in [0, 0.05) is 17.8 Å². The van der Waals surface area contributed by atoms with Crippen LogP contribution in [0.5, 0.6) is 0 Å². The number of halogens is 1. The Morgan fingerprint density at radius 2 is 1.58 bits per heavy atom. The molecule has 0 aliphatic rings. The molecule has 0 fully saturated rings. The third-order valence-electron chi connectivity index (χ3n) is 3.20. The number of fused-ring (bicyclic) bond motifs is 1. The molecular weight excluding hydrogens is 340 g/mol. The van der Waals surface area contributed by atoms with E-state index >= 15 is 0 Å². The lowest BCUT2D eigenvalue weighted by atomic mass is 10.2. The number of rotatable bonds is 2. The van der Waals surface area contributed by atoms with E-state index in [2.05, 4.69) is 4.98 Å². The normalized spacial score (nSPS) is 11.1. The Hall–Kier alpha value is -1.65. The first-order chi connectivity index (χ1) is 11.6. The Kier molecular flexibility index (Phi) is 8.16. The van der Waals surface area contributed by atoms with Gasteiger partial charge >= 0.3 is 0 Å². The number of nitrogens with zero attached hydrogens (tertiary/aromatic N) is 2. The molecule has 0 bridgehead atoms. The molecule has 0 N–H and O–H groups in total. The smallest absolute Gasteiger partial charge is 0.158 e. The topological polar surface area (TPSA) is 34.9 Å². The summed E-state index contributed by atoms with van der Waals surface area (Å²) in [5.74, 6) is 0. The summed E-state index contributed by atoms with van der Waals surface area (Å²) >= 11 is 6.19. The van der Waals surface area contributed by atoms with E-state index in [1.165, 1.54) is 0 Å². The maximum absolute atomic E-state index is 12.7. The van der Waals surface area contributed by atoms with Crippen molar-refractivity contribution in [2.45, 2.75) is 46.4 Å². The van der Waals surface area contributed by atoms with Crippen molar-refractivity contribution in [2.75, 3.05) is 0 Å². The highest BCUT2D eigenvalue weighted by molar-refractivity contribution is 7.83. The molecule has 1 atom stereocenters. The Balaban J connectivity index is 0.000000671. The molecule has 3 rings (SSSR count). The molecule has 1 aromatic carbocycles. The van der Waals surface area contributed by atoms with Crippen molar-refractivity contribution in [3.8, 4) is 0 Å². The van der Waals surface area contributed by atoms with Gasteiger partial charge in [-0.25, -0.2) is 13.2 Å². The Morgan fingerprint density at radius 1 is 1.00 bits per heavy atom. The number of aromatic nitrogens is 2. The molecule has 130 valence electrons. The maximum Gasteiger partial charge on any atom is 0.158 e. The highest BCUT2D eigenvalue weighted by Gasteiger charge is 2.15. The predicted molar refractivity (Wildman–Crippen MR) is 105 cm³/mol. The average Bonchev–Trinajstić information content (AvgIpc) is 2.97. The number of benzene rings is 1. The average molecular weight is 365 g/mol. The number of aryl methyl sites for hydroxylation is 2. The first-order valence-corrected chi connectivity index (χ1v) is 9.67. The fourth-order valence-corrected chi connectivity index (χ4v) is 3.59. The third kappa shape index (κ3) is 4.25. The van der Waals surface area contributed by atoms with Gasteiger partial charge < -0.3 is 0 Å². The fourth-order valence-electron chi connectivity index (χ4n) is 2.16. The van der Waals surface area contributed by atoms with Crippen LogP contribution in [0.1, 0.15) is 38.8 Å². The molecule has 0 amide bonds. The largest absolute Gasteiger partial charge is 0.246 e. The fraction of sp³-hybridized carbons (Fsp3) is 0.316. The lowest BCUT2D eigenvalue weighted by Crippen LogP contribution is -2.04. The summed E-state index contributed by atoms with van der Waals surface area (Å²) in [7, 11) is -1.32. The SMILES string of the molecule is CC.CC.Cc1ccc(S(=O)n2cc(C)c3c(Cl)ccnc32)cc1.